The van der Waals surface area contributed by atoms with Crippen LogP contribution in [0.3, 0.4) is 0 Å². The summed E-state index contributed by atoms with van der Waals surface area (Å²) < 4.78 is 11.7. The number of nitrogens with one attached hydrogen (secondary N) is 1. The van der Waals surface area contributed by atoms with Crippen LogP contribution in [-0.4, -0.2) is 25.3 Å². The van der Waals surface area contributed by atoms with Crippen LogP contribution in [0.4, 0.5) is 0 Å². The molecule has 0 heterocycles. The van der Waals surface area contributed by atoms with Crippen molar-refractivity contribution in [2.24, 2.45) is 5.10 Å². The summed E-state index contributed by atoms with van der Waals surface area (Å²) in [7, 11) is 0. The summed E-state index contributed by atoms with van der Waals surface area (Å²) >= 11 is 3.39. The number of amides is 1. The molecule has 1 amide bonds. The first-order valence-corrected chi connectivity index (χ1v) is 8.81. The molecular formula is C20H19BrN2O3. The monoisotopic (exact) mass is 414 g/mol. The first kappa shape index (κ1) is 19.5. The lowest BCUT2D eigenvalue weighted by molar-refractivity contribution is -0.120. The second-order valence-electron chi connectivity index (χ2n) is 5.22. The molecule has 2 aromatic rings. The van der Waals surface area contributed by atoms with Crippen LogP contribution in [0.5, 0.6) is 11.5 Å². The molecule has 0 radical (unpaired) electrons. The number of halogens is 1. The third-order valence-electron chi connectivity index (χ3n) is 3.27. The summed E-state index contributed by atoms with van der Waals surface area (Å²) in [6, 6.07) is 12.8. The molecular weight excluding hydrogens is 396 g/mol. The highest BCUT2D eigenvalue weighted by Gasteiger charge is 2.04. The van der Waals surface area contributed by atoms with E-state index in [4.69, 9.17) is 15.9 Å². The van der Waals surface area contributed by atoms with Crippen molar-refractivity contribution in [2.75, 3.05) is 13.2 Å². The number of hydrogen-bond acceptors (Lipinski definition) is 4. The molecule has 134 valence electrons. The molecule has 0 atom stereocenters. The van der Waals surface area contributed by atoms with Gasteiger partial charge in [0.1, 0.15) is 18.1 Å². The topological polar surface area (TPSA) is 59.9 Å². The lowest BCUT2D eigenvalue weighted by Crippen LogP contribution is -2.19. The van der Waals surface area contributed by atoms with Crippen LogP contribution in [0.15, 0.2) is 52.0 Å². The molecule has 26 heavy (non-hydrogen) atoms. The predicted molar refractivity (Wildman–Crippen MR) is 106 cm³/mol. The first-order chi connectivity index (χ1) is 12.6. The molecule has 0 aliphatic carbocycles. The van der Waals surface area contributed by atoms with Crippen molar-refractivity contribution in [3.8, 4) is 23.8 Å². The van der Waals surface area contributed by atoms with Gasteiger partial charge in [0.25, 0.3) is 0 Å². The smallest absolute Gasteiger partial charge is 0.244 e. The van der Waals surface area contributed by atoms with Gasteiger partial charge >= 0.3 is 0 Å². The summed E-state index contributed by atoms with van der Waals surface area (Å²) in [6.45, 7) is 2.69. The van der Waals surface area contributed by atoms with E-state index >= 15 is 0 Å². The maximum Gasteiger partial charge on any atom is 0.244 e. The number of ether oxygens (including phenoxy) is 2. The van der Waals surface area contributed by atoms with Gasteiger partial charge in [0.15, 0.2) is 0 Å². The van der Waals surface area contributed by atoms with Crippen LogP contribution in [0.1, 0.15) is 18.1 Å². The van der Waals surface area contributed by atoms with Gasteiger partial charge in [-0.3, -0.25) is 4.79 Å². The van der Waals surface area contributed by atoms with Gasteiger partial charge < -0.3 is 9.47 Å². The summed E-state index contributed by atoms with van der Waals surface area (Å²) in [5.41, 5.74) is 4.09. The molecule has 0 bridgehead atoms. The van der Waals surface area contributed by atoms with E-state index in [2.05, 4.69) is 32.4 Å². The van der Waals surface area contributed by atoms with Crippen LogP contribution < -0.4 is 14.9 Å². The van der Waals surface area contributed by atoms with Gasteiger partial charge in [-0.2, -0.15) is 5.10 Å². The average Bonchev–Trinajstić information content (AvgIpc) is 2.63. The molecule has 2 aromatic carbocycles. The summed E-state index contributed by atoms with van der Waals surface area (Å²) in [5, 5.41) is 3.99. The third kappa shape index (κ3) is 6.26. The van der Waals surface area contributed by atoms with Crippen molar-refractivity contribution < 1.29 is 14.3 Å². The Morgan fingerprint density at radius 2 is 2.04 bits per heavy atom. The maximum atomic E-state index is 12.0. The minimum absolute atomic E-state index is 0.159. The Labute approximate surface area is 161 Å². The number of benzene rings is 2. The maximum absolute atomic E-state index is 12.0. The standard InChI is InChI=1S/C20H19BrN2O3/c1-3-11-26-19-10-7-17(21)13-16(19)14-22-23-20(24)12-15-5-8-18(9-6-15)25-4-2/h1,5-10,13-14H,4,11-12H2,2H3,(H,23,24)/b22-14+. The van der Waals surface area contributed by atoms with E-state index in [1.807, 2.05) is 43.3 Å². The van der Waals surface area contributed by atoms with Crippen molar-refractivity contribution in [2.45, 2.75) is 13.3 Å². The Kier molecular flexibility index (Phi) is 7.72. The molecule has 0 fully saturated rings. The highest BCUT2D eigenvalue weighted by Crippen LogP contribution is 2.21. The van der Waals surface area contributed by atoms with Gasteiger partial charge in [-0.1, -0.05) is 34.0 Å². The Hall–Kier alpha value is -2.78. The summed E-state index contributed by atoms with van der Waals surface area (Å²) in [5.74, 6) is 3.57. The number of carbonyl (C=O) groups is 1. The Bertz CT molecular complexity index is 811. The minimum Gasteiger partial charge on any atom is -0.494 e. The SMILES string of the molecule is C#CCOc1ccc(Br)cc1/C=N/NC(=O)Cc1ccc(OCC)cc1. The van der Waals surface area contributed by atoms with E-state index in [1.54, 1.807) is 6.07 Å². The fourth-order valence-corrected chi connectivity index (χ4v) is 2.52. The molecule has 0 saturated heterocycles. The van der Waals surface area contributed by atoms with E-state index < -0.39 is 0 Å². The molecule has 5 nitrogen and oxygen atoms in total. The van der Waals surface area contributed by atoms with Gasteiger partial charge in [-0.25, -0.2) is 5.43 Å². The Morgan fingerprint density at radius 1 is 1.27 bits per heavy atom. The van der Waals surface area contributed by atoms with Crippen LogP contribution in [0, 0.1) is 12.3 Å². The van der Waals surface area contributed by atoms with Crippen molar-refractivity contribution in [3.63, 3.8) is 0 Å². The molecule has 0 aliphatic heterocycles. The van der Waals surface area contributed by atoms with Gasteiger partial charge in [-0.05, 0) is 42.8 Å². The fourth-order valence-electron chi connectivity index (χ4n) is 2.14. The van der Waals surface area contributed by atoms with Gasteiger partial charge in [-0.15, -0.1) is 6.42 Å². The van der Waals surface area contributed by atoms with E-state index in [0.717, 1.165) is 15.8 Å². The normalized spacial score (nSPS) is 10.3. The zero-order valence-electron chi connectivity index (χ0n) is 14.4. The van der Waals surface area contributed by atoms with Gasteiger partial charge in [0.2, 0.25) is 5.91 Å². The highest BCUT2D eigenvalue weighted by atomic mass is 79.9. The molecule has 0 unspecified atom stereocenters. The fraction of sp³-hybridized carbons (Fsp3) is 0.200. The van der Waals surface area contributed by atoms with Crippen molar-refractivity contribution in [1.82, 2.24) is 5.43 Å². The first-order valence-electron chi connectivity index (χ1n) is 8.02. The number of hydrogen-bond donors (Lipinski definition) is 1. The number of carbonyl (C=O) groups excluding carboxylic acids is 1. The number of rotatable bonds is 8. The van der Waals surface area contributed by atoms with Crippen LogP contribution in [0.25, 0.3) is 0 Å². The summed E-state index contributed by atoms with van der Waals surface area (Å²) in [6.07, 6.45) is 6.96. The lowest BCUT2D eigenvalue weighted by atomic mass is 10.1. The highest BCUT2D eigenvalue weighted by molar-refractivity contribution is 9.10. The predicted octanol–water partition coefficient (Wildman–Crippen LogP) is 3.55. The second kappa shape index (κ2) is 10.3. The van der Waals surface area contributed by atoms with E-state index in [1.165, 1.54) is 6.21 Å². The molecule has 0 aliphatic rings. The number of hydrazone groups is 1. The molecule has 0 aromatic heterocycles. The van der Waals surface area contributed by atoms with Crippen molar-refractivity contribution in [3.05, 3.63) is 58.1 Å². The molecule has 2 rings (SSSR count). The van der Waals surface area contributed by atoms with Crippen LogP contribution >= 0.6 is 15.9 Å². The van der Waals surface area contributed by atoms with Gasteiger partial charge in [0.05, 0.1) is 19.2 Å². The van der Waals surface area contributed by atoms with Crippen LogP contribution in [0.2, 0.25) is 0 Å². The van der Waals surface area contributed by atoms with E-state index in [-0.39, 0.29) is 18.9 Å². The zero-order chi connectivity index (χ0) is 18.8. The van der Waals surface area contributed by atoms with Gasteiger partial charge in [0, 0.05) is 10.0 Å². The molecule has 0 spiro atoms. The van der Waals surface area contributed by atoms with Crippen LogP contribution in [-0.2, 0) is 11.2 Å². The Morgan fingerprint density at radius 3 is 2.73 bits per heavy atom. The lowest BCUT2D eigenvalue weighted by Gasteiger charge is -2.07. The summed E-state index contributed by atoms with van der Waals surface area (Å²) in [4.78, 5) is 12.0. The minimum atomic E-state index is -0.216. The third-order valence-corrected chi connectivity index (χ3v) is 3.77. The molecule has 6 heteroatoms. The van der Waals surface area contributed by atoms with Crippen molar-refractivity contribution in [1.29, 1.82) is 0 Å². The zero-order valence-corrected chi connectivity index (χ0v) is 16.0. The number of terminal acetylenes is 1. The molecule has 1 N–H and O–H groups in total. The van der Waals surface area contributed by atoms with Crippen molar-refractivity contribution >= 4 is 28.1 Å². The quantitative estimate of drug-likeness (QED) is 0.408. The van der Waals surface area contributed by atoms with E-state index in [9.17, 15) is 4.79 Å². The average molecular weight is 415 g/mol. The Balaban J connectivity index is 1.94. The number of nitrogens with zero attached hydrogens (tertiary/aromatic N) is 1. The largest absolute Gasteiger partial charge is 0.494 e. The molecule has 0 saturated carbocycles. The van der Waals surface area contributed by atoms with E-state index in [0.29, 0.717) is 17.9 Å². The second-order valence-corrected chi connectivity index (χ2v) is 6.14.